The minimum absolute atomic E-state index is 0.595. The summed E-state index contributed by atoms with van der Waals surface area (Å²) in [6, 6.07) is 28.0. The van der Waals surface area contributed by atoms with E-state index < -0.39 is 0 Å². The Balaban J connectivity index is 1.70. The molecule has 0 bridgehead atoms. The van der Waals surface area contributed by atoms with E-state index in [0.29, 0.717) is 11.6 Å². The molecule has 2 heterocycles. The number of benzene rings is 3. The molecule has 0 saturated carbocycles. The standard InChI is InChI=1S/C24H18N6/c1-17-12-14-20(15-13-17)30-24(27-28-29-30)21-16-25-23(19-10-6-3-7-11-19)26-22(21)18-8-4-2-5-9-18/h2-16H,1H3. The van der Waals surface area contributed by atoms with Gasteiger partial charge in [-0.3, -0.25) is 0 Å². The molecule has 5 aromatic rings. The van der Waals surface area contributed by atoms with E-state index in [4.69, 9.17) is 4.98 Å². The molecular formula is C24H18N6. The van der Waals surface area contributed by atoms with E-state index in [1.54, 1.807) is 10.9 Å². The van der Waals surface area contributed by atoms with Crippen molar-refractivity contribution in [2.24, 2.45) is 0 Å². The quantitative estimate of drug-likeness (QED) is 0.442. The first-order chi connectivity index (χ1) is 14.8. The lowest BCUT2D eigenvalue weighted by Gasteiger charge is -2.11. The van der Waals surface area contributed by atoms with Crippen LogP contribution in [0.2, 0.25) is 0 Å². The summed E-state index contributed by atoms with van der Waals surface area (Å²) >= 11 is 0. The largest absolute Gasteiger partial charge is 0.236 e. The first-order valence-corrected chi connectivity index (χ1v) is 9.63. The molecule has 0 aliphatic carbocycles. The van der Waals surface area contributed by atoms with Gasteiger partial charge >= 0.3 is 0 Å². The predicted octanol–water partition coefficient (Wildman–Crippen LogP) is 4.76. The van der Waals surface area contributed by atoms with E-state index in [-0.39, 0.29) is 0 Å². The topological polar surface area (TPSA) is 69.4 Å². The number of hydrogen-bond acceptors (Lipinski definition) is 5. The zero-order chi connectivity index (χ0) is 20.3. The van der Waals surface area contributed by atoms with Gasteiger partial charge in [0.15, 0.2) is 11.6 Å². The number of aromatic nitrogens is 6. The number of rotatable bonds is 4. The van der Waals surface area contributed by atoms with Crippen LogP contribution in [0.25, 0.3) is 39.7 Å². The SMILES string of the molecule is Cc1ccc(-n2nnnc2-c2cnc(-c3ccccc3)nc2-c2ccccc2)cc1. The Morgan fingerprint density at radius 1 is 0.733 bits per heavy atom. The first-order valence-electron chi connectivity index (χ1n) is 9.63. The Morgan fingerprint density at radius 2 is 1.40 bits per heavy atom. The number of nitrogens with zero attached hydrogens (tertiary/aromatic N) is 6. The van der Waals surface area contributed by atoms with E-state index >= 15 is 0 Å². The number of hydrogen-bond donors (Lipinski definition) is 0. The van der Waals surface area contributed by atoms with Crippen molar-refractivity contribution in [3.05, 3.63) is 96.7 Å². The van der Waals surface area contributed by atoms with Gasteiger partial charge in [-0.05, 0) is 29.5 Å². The van der Waals surface area contributed by atoms with E-state index in [0.717, 1.165) is 28.1 Å². The molecule has 0 atom stereocenters. The molecule has 0 aliphatic heterocycles. The Morgan fingerprint density at radius 3 is 2.10 bits per heavy atom. The monoisotopic (exact) mass is 390 g/mol. The molecule has 0 aliphatic rings. The van der Waals surface area contributed by atoms with Crippen LogP contribution < -0.4 is 0 Å². The molecule has 5 rings (SSSR count). The van der Waals surface area contributed by atoms with Gasteiger partial charge < -0.3 is 0 Å². The molecule has 3 aromatic carbocycles. The Bertz CT molecular complexity index is 1280. The van der Waals surface area contributed by atoms with Crippen LogP contribution in [0, 0.1) is 6.92 Å². The van der Waals surface area contributed by atoms with Crippen LogP contribution in [0.15, 0.2) is 91.1 Å². The third kappa shape index (κ3) is 3.35. The molecule has 0 saturated heterocycles. The molecule has 0 radical (unpaired) electrons. The van der Waals surface area contributed by atoms with Crippen LogP contribution in [0.1, 0.15) is 5.56 Å². The highest BCUT2D eigenvalue weighted by atomic mass is 15.5. The Hall–Kier alpha value is -4.19. The number of aryl methyl sites for hydroxylation is 1. The Labute approximate surface area is 173 Å². The fraction of sp³-hybridized carbons (Fsp3) is 0.0417. The fourth-order valence-electron chi connectivity index (χ4n) is 3.30. The molecule has 0 unspecified atom stereocenters. The van der Waals surface area contributed by atoms with E-state index in [1.807, 2.05) is 91.9 Å². The maximum absolute atomic E-state index is 4.90. The summed E-state index contributed by atoms with van der Waals surface area (Å²) in [7, 11) is 0. The average Bonchev–Trinajstić information content (AvgIpc) is 3.30. The lowest BCUT2D eigenvalue weighted by atomic mass is 10.1. The van der Waals surface area contributed by atoms with Crippen LogP contribution in [0.5, 0.6) is 0 Å². The van der Waals surface area contributed by atoms with Gasteiger partial charge in [0.25, 0.3) is 0 Å². The summed E-state index contributed by atoms with van der Waals surface area (Å²) in [5.41, 5.74) is 5.55. The van der Waals surface area contributed by atoms with Crippen LogP contribution in [-0.2, 0) is 0 Å². The zero-order valence-corrected chi connectivity index (χ0v) is 16.3. The minimum Gasteiger partial charge on any atom is -0.236 e. The maximum Gasteiger partial charge on any atom is 0.190 e. The van der Waals surface area contributed by atoms with Crippen molar-refractivity contribution in [2.45, 2.75) is 6.92 Å². The van der Waals surface area contributed by atoms with Gasteiger partial charge in [0.1, 0.15) is 0 Å². The maximum atomic E-state index is 4.90. The fourth-order valence-corrected chi connectivity index (χ4v) is 3.30. The predicted molar refractivity (Wildman–Crippen MR) is 116 cm³/mol. The van der Waals surface area contributed by atoms with Gasteiger partial charge in [-0.2, -0.15) is 4.68 Å². The average molecular weight is 390 g/mol. The van der Waals surface area contributed by atoms with Gasteiger partial charge in [0.05, 0.1) is 16.9 Å². The van der Waals surface area contributed by atoms with Crippen molar-refractivity contribution in [3.8, 4) is 39.7 Å². The molecule has 2 aromatic heterocycles. The highest BCUT2D eigenvalue weighted by Gasteiger charge is 2.19. The van der Waals surface area contributed by atoms with Crippen molar-refractivity contribution < 1.29 is 0 Å². The second-order valence-electron chi connectivity index (χ2n) is 6.94. The van der Waals surface area contributed by atoms with E-state index in [9.17, 15) is 0 Å². The first kappa shape index (κ1) is 17.9. The van der Waals surface area contributed by atoms with Crippen molar-refractivity contribution >= 4 is 0 Å². The summed E-state index contributed by atoms with van der Waals surface area (Å²) in [6.07, 6.45) is 1.80. The van der Waals surface area contributed by atoms with Crippen molar-refractivity contribution in [1.82, 2.24) is 30.2 Å². The molecular weight excluding hydrogens is 372 g/mol. The molecule has 144 valence electrons. The molecule has 0 N–H and O–H groups in total. The molecule has 0 amide bonds. The highest BCUT2D eigenvalue weighted by Crippen LogP contribution is 2.31. The third-order valence-electron chi connectivity index (χ3n) is 4.86. The van der Waals surface area contributed by atoms with Crippen molar-refractivity contribution in [2.75, 3.05) is 0 Å². The summed E-state index contributed by atoms with van der Waals surface area (Å²) in [5, 5.41) is 12.4. The summed E-state index contributed by atoms with van der Waals surface area (Å²) in [6.45, 7) is 2.05. The summed E-state index contributed by atoms with van der Waals surface area (Å²) in [4.78, 5) is 9.52. The lowest BCUT2D eigenvalue weighted by Crippen LogP contribution is -2.03. The van der Waals surface area contributed by atoms with Gasteiger partial charge in [0.2, 0.25) is 0 Å². The van der Waals surface area contributed by atoms with Crippen molar-refractivity contribution in [3.63, 3.8) is 0 Å². The molecule has 0 spiro atoms. The number of tetrazole rings is 1. The second kappa shape index (κ2) is 7.67. The molecule has 0 fully saturated rings. The smallest absolute Gasteiger partial charge is 0.190 e. The molecule has 6 heteroatoms. The van der Waals surface area contributed by atoms with Crippen LogP contribution in [-0.4, -0.2) is 30.2 Å². The lowest BCUT2D eigenvalue weighted by molar-refractivity contribution is 0.791. The highest BCUT2D eigenvalue weighted by molar-refractivity contribution is 5.79. The third-order valence-corrected chi connectivity index (χ3v) is 4.86. The molecule has 30 heavy (non-hydrogen) atoms. The summed E-state index contributed by atoms with van der Waals surface area (Å²) < 4.78 is 1.72. The Kier molecular flexibility index (Phi) is 4.57. The molecule has 6 nitrogen and oxygen atoms in total. The van der Waals surface area contributed by atoms with Crippen LogP contribution >= 0.6 is 0 Å². The van der Waals surface area contributed by atoms with Gasteiger partial charge in [0, 0.05) is 17.3 Å². The van der Waals surface area contributed by atoms with Gasteiger partial charge in [-0.15, -0.1) is 5.10 Å². The van der Waals surface area contributed by atoms with Crippen LogP contribution in [0.3, 0.4) is 0 Å². The zero-order valence-electron chi connectivity index (χ0n) is 16.3. The van der Waals surface area contributed by atoms with E-state index in [1.165, 1.54) is 5.56 Å². The minimum atomic E-state index is 0.595. The van der Waals surface area contributed by atoms with Gasteiger partial charge in [-0.25, -0.2) is 9.97 Å². The van der Waals surface area contributed by atoms with Crippen molar-refractivity contribution in [1.29, 1.82) is 0 Å². The second-order valence-corrected chi connectivity index (χ2v) is 6.94. The van der Waals surface area contributed by atoms with E-state index in [2.05, 4.69) is 20.5 Å². The van der Waals surface area contributed by atoms with Crippen LogP contribution in [0.4, 0.5) is 0 Å². The summed E-state index contributed by atoms with van der Waals surface area (Å²) in [5.74, 6) is 1.25. The normalized spacial score (nSPS) is 10.8. The van der Waals surface area contributed by atoms with Gasteiger partial charge in [-0.1, -0.05) is 78.4 Å².